The van der Waals surface area contributed by atoms with Gasteiger partial charge in [0.1, 0.15) is 11.8 Å². The van der Waals surface area contributed by atoms with E-state index in [9.17, 15) is 0 Å². The van der Waals surface area contributed by atoms with E-state index in [2.05, 4.69) is 35.9 Å². The number of H-pyrrole nitrogens is 1. The van der Waals surface area contributed by atoms with Gasteiger partial charge in [-0.3, -0.25) is 0 Å². The number of halogens is 1. The summed E-state index contributed by atoms with van der Waals surface area (Å²) in [6, 6.07) is 0. The van der Waals surface area contributed by atoms with Crippen LogP contribution in [0.15, 0.2) is 11.1 Å². The monoisotopic (exact) mass is 228 g/mol. The van der Waals surface area contributed by atoms with Crippen molar-refractivity contribution < 1.29 is 4.74 Å². The molecule has 0 amide bonds. The Morgan fingerprint density at radius 1 is 1.50 bits per heavy atom. The van der Waals surface area contributed by atoms with Gasteiger partial charge in [-0.15, -0.1) is 0 Å². The number of methoxy groups -OCH3 is 1. The molecule has 2 rings (SSSR count). The number of nitrogens with one attached hydrogen (secondary N) is 1. The van der Waals surface area contributed by atoms with Gasteiger partial charge in [0.2, 0.25) is 5.88 Å². The van der Waals surface area contributed by atoms with Gasteiger partial charge in [0.15, 0.2) is 10.4 Å². The third-order valence-electron chi connectivity index (χ3n) is 1.42. The smallest absolute Gasteiger partial charge is 0.243 e. The number of nitrogens with zero attached hydrogens (tertiary/aromatic N) is 3. The van der Waals surface area contributed by atoms with Crippen molar-refractivity contribution in [2.75, 3.05) is 7.11 Å². The van der Waals surface area contributed by atoms with Crippen molar-refractivity contribution in [3.63, 3.8) is 0 Å². The van der Waals surface area contributed by atoms with Crippen molar-refractivity contribution >= 4 is 27.1 Å². The van der Waals surface area contributed by atoms with Gasteiger partial charge in [0, 0.05) is 0 Å². The van der Waals surface area contributed by atoms with E-state index in [4.69, 9.17) is 4.74 Å². The third-order valence-corrected chi connectivity index (χ3v) is 1.79. The summed E-state index contributed by atoms with van der Waals surface area (Å²) in [5.74, 6) is 0.498. The summed E-state index contributed by atoms with van der Waals surface area (Å²) >= 11 is 3.20. The van der Waals surface area contributed by atoms with Gasteiger partial charge in [0.25, 0.3) is 0 Å². The number of fused-ring (bicyclic) bond motifs is 1. The molecule has 5 nitrogen and oxygen atoms in total. The SMILES string of the molecule is COc1ncnc2nc(Br)[nH]c12. The highest BCUT2D eigenvalue weighted by Gasteiger charge is 2.07. The molecule has 0 saturated heterocycles. The molecule has 0 saturated carbocycles. The summed E-state index contributed by atoms with van der Waals surface area (Å²) in [6.07, 6.45) is 1.41. The molecule has 0 bridgehead atoms. The van der Waals surface area contributed by atoms with Crippen molar-refractivity contribution in [1.29, 1.82) is 0 Å². The summed E-state index contributed by atoms with van der Waals surface area (Å²) < 4.78 is 5.62. The first-order valence-corrected chi connectivity index (χ1v) is 4.01. The fourth-order valence-electron chi connectivity index (χ4n) is 0.934. The second-order valence-corrected chi connectivity index (χ2v) is 2.86. The molecule has 2 heterocycles. The summed E-state index contributed by atoms with van der Waals surface area (Å²) in [5.41, 5.74) is 1.29. The number of hydrogen-bond acceptors (Lipinski definition) is 4. The second-order valence-electron chi connectivity index (χ2n) is 2.11. The van der Waals surface area contributed by atoms with Crippen LogP contribution in [-0.4, -0.2) is 27.0 Å². The second kappa shape index (κ2) is 2.71. The van der Waals surface area contributed by atoms with Crippen molar-refractivity contribution in [3.05, 3.63) is 11.1 Å². The Balaban J connectivity index is 2.78. The number of aromatic nitrogens is 4. The zero-order valence-electron chi connectivity index (χ0n) is 6.21. The highest BCUT2D eigenvalue weighted by molar-refractivity contribution is 9.10. The van der Waals surface area contributed by atoms with E-state index in [0.717, 1.165) is 0 Å². The molecule has 12 heavy (non-hydrogen) atoms. The molecule has 2 aromatic rings. The molecule has 0 aliphatic rings. The van der Waals surface area contributed by atoms with Gasteiger partial charge in [-0.2, -0.15) is 4.98 Å². The van der Waals surface area contributed by atoms with E-state index < -0.39 is 0 Å². The normalized spacial score (nSPS) is 10.5. The molecular formula is C6H5BrN4O. The zero-order valence-corrected chi connectivity index (χ0v) is 7.79. The zero-order chi connectivity index (χ0) is 8.55. The minimum atomic E-state index is 0.498. The number of rotatable bonds is 1. The molecule has 2 aromatic heterocycles. The van der Waals surface area contributed by atoms with E-state index in [1.807, 2.05) is 0 Å². The lowest BCUT2D eigenvalue weighted by atomic mass is 10.5. The molecule has 1 N–H and O–H groups in total. The molecule has 6 heteroatoms. The third kappa shape index (κ3) is 1.04. The number of hydrogen-bond donors (Lipinski definition) is 1. The average molecular weight is 229 g/mol. The van der Waals surface area contributed by atoms with Gasteiger partial charge in [0.05, 0.1) is 7.11 Å². The van der Waals surface area contributed by atoms with Crippen LogP contribution in [0.4, 0.5) is 0 Å². The van der Waals surface area contributed by atoms with Crippen LogP contribution in [0.25, 0.3) is 11.2 Å². The van der Waals surface area contributed by atoms with Crippen molar-refractivity contribution in [1.82, 2.24) is 19.9 Å². The molecule has 0 atom stereocenters. The number of aromatic amines is 1. The van der Waals surface area contributed by atoms with E-state index in [1.54, 1.807) is 7.11 Å². The highest BCUT2D eigenvalue weighted by atomic mass is 79.9. The van der Waals surface area contributed by atoms with Gasteiger partial charge in [-0.25, -0.2) is 9.97 Å². The fraction of sp³-hybridized carbons (Fsp3) is 0.167. The van der Waals surface area contributed by atoms with Gasteiger partial charge < -0.3 is 9.72 Å². The van der Waals surface area contributed by atoms with Crippen LogP contribution in [0.1, 0.15) is 0 Å². The molecule has 0 fully saturated rings. The van der Waals surface area contributed by atoms with Crippen LogP contribution in [0.2, 0.25) is 0 Å². The van der Waals surface area contributed by atoms with Crippen LogP contribution in [0, 0.1) is 0 Å². The van der Waals surface area contributed by atoms with Crippen LogP contribution in [0.5, 0.6) is 5.88 Å². The molecular weight excluding hydrogens is 224 g/mol. The Bertz CT molecular complexity index is 413. The maximum absolute atomic E-state index is 5.00. The largest absolute Gasteiger partial charge is 0.479 e. The predicted octanol–water partition coefficient (Wildman–Crippen LogP) is 1.12. The molecule has 62 valence electrons. The summed E-state index contributed by atoms with van der Waals surface area (Å²) in [6.45, 7) is 0. The van der Waals surface area contributed by atoms with Gasteiger partial charge >= 0.3 is 0 Å². The fourth-order valence-corrected chi connectivity index (χ4v) is 1.30. The minimum absolute atomic E-state index is 0.498. The molecule has 0 radical (unpaired) electrons. The summed E-state index contributed by atoms with van der Waals surface area (Å²) in [5, 5.41) is 0. The summed E-state index contributed by atoms with van der Waals surface area (Å²) in [7, 11) is 1.55. The Hall–Kier alpha value is -1.17. The Labute approximate surface area is 76.3 Å². The summed E-state index contributed by atoms with van der Waals surface area (Å²) in [4.78, 5) is 14.8. The number of imidazole rings is 1. The van der Waals surface area contributed by atoms with Crippen LogP contribution in [-0.2, 0) is 0 Å². The minimum Gasteiger partial charge on any atom is -0.479 e. The van der Waals surface area contributed by atoms with E-state index in [-0.39, 0.29) is 0 Å². The Morgan fingerprint density at radius 2 is 2.33 bits per heavy atom. The molecule has 0 aliphatic carbocycles. The molecule has 0 unspecified atom stereocenters. The quantitative estimate of drug-likeness (QED) is 0.744. The van der Waals surface area contributed by atoms with E-state index in [0.29, 0.717) is 21.8 Å². The lowest BCUT2D eigenvalue weighted by Crippen LogP contribution is -1.89. The maximum Gasteiger partial charge on any atom is 0.243 e. The van der Waals surface area contributed by atoms with Crippen molar-refractivity contribution in [3.8, 4) is 5.88 Å². The highest BCUT2D eigenvalue weighted by Crippen LogP contribution is 2.19. The predicted molar refractivity (Wildman–Crippen MR) is 45.9 cm³/mol. The van der Waals surface area contributed by atoms with E-state index in [1.165, 1.54) is 6.33 Å². The standard InChI is InChI=1S/C6H5BrN4O/c1-12-5-3-4(8-2-9-5)11-6(7)10-3/h2H,1H3,(H,8,9,10,11). The number of ether oxygens (including phenoxy) is 1. The van der Waals surface area contributed by atoms with E-state index >= 15 is 0 Å². The average Bonchev–Trinajstić information content (AvgIpc) is 2.44. The van der Waals surface area contributed by atoms with Crippen LogP contribution in [0.3, 0.4) is 0 Å². The molecule has 0 aliphatic heterocycles. The Kier molecular flexibility index (Phi) is 1.69. The molecule has 0 aromatic carbocycles. The van der Waals surface area contributed by atoms with Gasteiger partial charge in [-0.1, -0.05) is 0 Å². The van der Waals surface area contributed by atoms with Gasteiger partial charge in [-0.05, 0) is 15.9 Å². The lowest BCUT2D eigenvalue weighted by molar-refractivity contribution is 0.401. The first-order valence-electron chi connectivity index (χ1n) is 3.21. The van der Waals surface area contributed by atoms with Crippen molar-refractivity contribution in [2.24, 2.45) is 0 Å². The topological polar surface area (TPSA) is 63.7 Å². The maximum atomic E-state index is 5.00. The molecule has 0 spiro atoms. The first-order chi connectivity index (χ1) is 5.81. The van der Waals surface area contributed by atoms with Crippen LogP contribution < -0.4 is 4.74 Å². The first kappa shape index (κ1) is 7.48. The lowest BCUT2D eigenvalue weighted by Gasteiger charge is -1.96. The van der Waals surface area contributed by atoms with Crippen molar-refractivity contribution in [2.45, 2.75) is 0 Å². The Morgan fingerprint density at radius 3 is 3.08 bits per heavy atom. The van der Waals surface area contributed by atoms with Crippen LogP contribution >= 0.6 is 15.9 Å².